The van der Waals surface area contributed by atoms with Gasteiger partial charge in [-0.15, -0.1) is 0 Å². The normalized spacial score (nSPS) is 17.2. The second kappa shape index (κ2) is 43.8. The van der Waals surface area contributed by atoms with Gasteiger partial charge in [0.1, 0.15) is 64.7 Å². The van der Waals surface area contributed by atoms with Gasteiger partial charge in [-0.05, 0) is 166 Å². The summed E-state index contributed by atoms with van der Waals surface area (Å²) in [7, 11) is 4.54. The Kier molecular flexibility index (Phi) is 32.2. The number of fused-ring (bicyclic) bond motifs is 6. The molecule has 708 valence electrons. The fourth-order valence-corrected chi connectivity index (χ4v) is 18.7. The number of aryl methyl sites for hydroxylation is 1. The Morgan fingerprint density at radius 1 is 0.615 bits per heavy atom. The maximum absolute atomic E-state index is 17.0. The zero-order valence-electron chi connectivity index (χ0n) is 78.5. The first-order valence-electron chi connectivity index (χ1n) is 46.5. The van der Waals surface area contributed by atoms with Crippen molar-refractivity contribution in [3.8, 4) is 5.75 Å². The minimum atomic E-state index is -2.84. The summed E-state index contributed by atoms with van der Waals surface area (Å²) >= 11 is 6.78. The molecule has 11 atom stereocenters. The number of likely N-dealkylation sites (tertiary alicyclic amines) is 1. The van der Waals surface area contributed by atoms with E-state index in [1.807, 2.05) is 232 Å². The third-order valence-electron chi connectivity index (χ3n) is 26.5. The molecule has 4 heterocycles. The van der Waals surface area contributed by atoms with Gasteiger partial charge in [-0.2, -0.15) is 0 Å². The molecule has 2 aliphatic heterocycles. The number of carboxylic acids is 1. The summed E-state index contributed by atoms with van der Waals surface area (Å²) in [6.45, 7) is 13.2. The van der Waals surface area contributed by atoms with Crippen molar-refractivity contribution in [2.45, 2.75) is 203 Å². The third-order valence-corrected chi connectivity index (χ3v) is 26.7. The molecule has 135 heavy (non-hydrogen) atoms. The van der Waals surface area contributed by atoms with Crippen LogP contribution in [-0.2, 0) is 103 Å². The van der Waals surface area contributed by atoms with Crippen LogP contribution in [0.25, 0.3) is 21.8 Å². The van der Waals surface area contributed by atoms with Crippen LogP contribution in [0.1, 0.15) is 143 Å². The number of likely N-dealkylation sites (N-methyl/N-ethyl adjacent to an activating group) is 3. The minimum absolute atomic E-state index is 0.00323. The van der Waals surface area contributed by atoms with E-state index >= 15 is 33.6 Å². The number of piperidine rings is 1. The summed E-state index contributed by atoms with van der Waals surface area (Å²) in [5.74, 6) is -9.33. The second-order valence-corrected chi connectivity index (χ2v) is 37.8. The predicted molar refractivity (Wildman–Crippen MR) is 521 cm³/mol. The van der Waals surface area contributed by atoms with Crippen LogP contribution in [0, 0.1) is 11.8 Å². The Morgan fingerprint density at radius 2 is 1.17 bits per heavy atom. The van der Waals surface area contributed by atoms with Gasteiger partial charge in [0.15, 0.2) is 0 Å². The lowest BCUT2D eigenvalue weighted by molar-refractivity contribution is -0.167. The number of carbonyl (C=O) groups excluding carboxylic acids is 9. The fourth-order valence-electron chi connectivity index (χ4n) is 18.5. The zero-order valence-corrected chi connectivity index (χ0v) is 79.2. The average molecular weight is 1850 g/mol. The number of H-pyrrole nitrogens is 1. The third kappa shape index (κ3) is 23.9. The molecule has 1 fully saturated rings. The highest BCUT2D eigenvalue weighted by molar-refractivity contribution is 6.30. The molecule has 0 saturated carbocycles. The number of nitrogens with zero attached hydrogens (tertiary/aromatic N) is 5. The van der Waals surface area contributed by atoms with Gasteiger partial charge < -0.3 is 81.2 Å². The molecule has 9 aromatic carbocycles. The lowest BCUT2D eigenvalue weighted by atomic mass is 9.79. The van der Waals surface area contributed by atoms with E-state index in [-0.39, 0.29) is 77.5 Å². The molecule has 13 rings (SSSR count). The number of hydrogen-bond donors (Lipinski definition) is 9. The largest absolute Gasteiger partial charge is 0.488 e. The van der Waals surface area contributed by atoms with Crippen LogP contribution < -0.4 is 37.1 Å². The van der Waals surface area contributed by atoms with Crippen molar-refractivity contribution in [1.29, 1.82) is 0 Å². The van der Waals surface area contributed by atoms with Crippen LogP contribution >= 0.6 is 11.6 Å². The van der Waals surface area contributed by atoms with E-state index in [0.717, 1.165) is 50.5 Å². The van der Waals surface area contributed by atoms with Gasteiger partial charge in [0, 0.05) is 125 Å². The van der Waals surface area contributed by atoms with E-state index in [1.54, 1.807) is 89.5 Å². The summed E-state index contributed by atoms with van der Waals surface area (Å²) < 4.78 is 15.8. The van der Waals surface area contributed by atoms with Gasteiger partial charge in [-0.25, -0.2) is 0 Å². The molecule has 26 nitrogen and oxygen atoms in total. The van der Waals surface area contributed by atoms with Gasteiger partial charge in [-0.1, -0.05) is 244 Å². The Morgan fingerprint density at radius 3 is 1.76 bits per heavy atom. The van der Waals surface area contributed by atoms with Crippen molar-refractivity contribution < 1.29 is 67.6 Å². The number of ether oxygens (including phenoxy) is 2. The minimum Gasteiger partial charge on any atom is -0.488 e. The van der Waals surface area contributed by atoms with Crippen molar-refractivity contribution in [2.24, 2.45) is 17.6 Å². The highest BCUT2D eigenvalue weighted by Crippen LogP contribution is 2.43. The van der Waals surface area contributed by atoms with Crippen LogP contribution in [-0.4, -0.2) is 198 Å². The number of rotatable bonds is 38. The summed E-state index contributed by atoms with van der Waals surface area (Å²) in [5.41, 5.74) is 6.53. The van der Waals surface area contributed by atoms with Gasteiger partial charge in [0.05, 0.1) is 6.10 Å². The molecule has 2 aromatic heterocycles. The smallest absolute Gasteiger partial charge is 0.308 e. The SMILES string of the molecule is CC[C@H](C)[C@H](NC(=O)[C@H](CCN(C)C(=O)[C@H](Cc1c[nH]c2ccccc12)NC(=O)[C@H](Cc1ccccc1)N(C)C(=O)[C@@H]1Cc2cn(c3ccccc23)CC[C@](Cc2ccc(OC(C)(C)C)cc2)(NC(=O)[C@H](Cc2cccc(Cl)c2)N(C)C(=O)[C@@](C)(N)[C@@H](C)OC(c2ccccc2)(c2ccccc2)c2ccccc2)C(=O)N1)Cc1ccccc1)C(=O)N[C@@](O)(CC(=O)O)C(=O)N1CCCCC1. The van der Waals surface area contributed by atoms with E-state index in [0.29, 0.717) is 57.9 Å². The van der Waals surface area contributed by atoms with Crippen LogP contribution in [0.5, 0.6) is 5.75 Å². The Balaban J connectivity index is 0.839. The highest BCUT2D eigenvalue weighted by atomic mass is 35.5. The molecular weight excluding hydrogens is 1720 g/mol. The number of para-hydroxylation sites is 2. The fraction of sp³-hybridized carbons (Fsp3) is 0.370. The lowest BCUT2D eigenvalue weighted by Crippen LogP contribution is -2.68. The van der Waals surface area contributed by atoms with Crippen molar-refractivity contribution in [1.82, 2.24) is 55.7 Å². The maximum Gasteiger partial charge on any atom is 0.308 e. The number of carboxylic acid groups (broad SMARTS) is 1. The summed E-state index contributed by atoms with van der Waals surface area (Å²) in [6.07, 6.45) is 3.25. The van der Waals surface area contributed by atoms with Crippen LogP contribution in [0.3, 0.4) is 0 Å². The summed E-state index contributed by atoms with van der Waals surface area (Å²) in [5, 5.41) is 38.7. The Labute approximate surface area is 794 Å². The molecule has 0 spiro atoms. The number of aromatic amines is 1. The monoisotopic (exact) mass is 1850 g/mol. The number of benzene rings is 9. The standard InChI is InChI=1S/C108H125ClN12O14/c1-11-71(2)94(98(127)116-107(133,68-93(122)123)103(132)120-57-32-17-33-58-120)114-95(124)77(61-73-35-18-12-19-36-73)55-59-117(8)99(128)88(65-78-69-111-87-49-30-28-47-85(78)87)112-96(125)91(63-74-37-20-13-21-38-74)118(9)100(129)89-66-79-70-121(90-50-31-29-48-86(79)90)60-56-106(101(130)113-89,67-75-51-53-84(54-52-75)135-104(4,5)6)115-97(126)92(64-76-39-34-46-83(109)62-76)119(10)102(131)105(7,110)72(3)134-108(80-40-22-14-23-41-80,81-42-24-15-25-43-81)82-44-26-16-27-45-82/h12-16,18-31,34-54,62,69-72,77,88-89,91-92,94,111,133H,11,17,32-33,55-61,63-68,110H2,1-10H3,(H,112,125)(H,113,130)(H,114,124)(H,115,126)(H,116,127)(H,122,123)/t71-,72+,77+,88-,89-,91-,92-,94-,105-,106+,107+/m0/s1. The Bertz CT molecular complexity index is 5870. The number of nitrogens with two attached hydrogens (primary N) is 1. The van der Waals surface area contributed by atoms with Crippen molar-refractivity contribution >= 4 is 92.5 Å². The van der Waals surface area contributed by atoms with Crippen molar-refractivity contribution in [3.05, 3.63) is 316 Å². The van der Waals surface area contributed by atoms with Crippen LogP contribution in [0.15, 0.2) is 261 Å². The molecule has 2 aliphatic rings. The molecular formula is C108H125ClN12O14. The van der Waals surface area contributed by atoms with Gasteiger partial charge in [0.25, 0.3) is 5.91 Å². The number of hydrogen-bond acceptors (Lipinski definition) is 14. The van der Waals surface area contributed by atoms with Gasteiger partial charge in [0.2, 0.25) is 53.0 Å². The number of aliphatic hydroxyl groups is 1. The molecule has 0 radical (unpaired) electrons. The molecule has 1 saturated heterocycles. The highest BCUT2D eigenvalue weighted by Gasteiger charge is 2.51. The van der Waals surface area contributed by atoms with Crippen molar-refractivity contribution in [3.63, 3.8) is 0 Å². The van der Waals surface area contributed by atoms with Gasteiger partial charge >= 0.3 is 5.97 Å². The molecule has 2 bridgehead atoms. The lowest BCUT2D eigenvalue weighted by Gasteiger charge is -2.44. The van der Waals surface area contributed by atoms with E-state index in [1.165, 1.54) is 33.7 Å². The number of halogens is 1. The molecule has 0 aliphatic carbocycles. The Hall–Kier alpha value is -13.3. The second-order valence-electron chi connectivity index (χ2n) is 37.4. The molecule has 0 unspecified atom stereocenters. The van der Waals surface area contributed by atoms with Crippen LogP contribution in [0.2, 0.25) is 5.02 Å². The van der Waals surface area contributed by atoms with Gasteiger partial charge in [-0.3, -0.25) is 47.9 Å². The molecule has 10 N–H and O–H groups in total. The molecule has 9 amide bonds. The first-order valence-corrected chi connectivity index (χ1v) is 46.9. The predicted octanol–water partition coefficient (Wildman–Crippen LogP) is 13.0. The summed E-state index contributed by atoms with van der Waals surface area (Å²) in [6, 6.07) is 69.5. The summed E-state index contributed by atoms with van der Waals surface area (Å²) in [4.78, 5) is 163. The number of aromatic nitrogens is 2. The van der Waals surface area contributed by atoms with Crippen molar-refractivity contribution in [2.75, 3.05) is 40.8 Å². The average Bonchev–Trinajstić information content (AvgIpc) is 1.34. The van der Waals surface area contributed by atoms with Crippen LogP contribution in [0.4, 0.5) is 0 Å². The number of carbonyl (C=O) groups is 10. The van der Waals surface area contributed by atoms with E-state index in [4.69, 9.17) is 26.8 Å². The first-order chi connectivity index (χ1) is 64.6. The quantitative estimate of drug-likeness (QED) is 0.0128. The van der Waals surface area contributed by atoms with E-state index in [2.05, 4.69) is 31.6 Å². The molecule has 27 heteroatoms. The number of aliphatic carboxylic acids is 1. The first kappa shape index (κ1) is 99.2. The van der Waals surface area contributed by atoms with E-state index in [9.17, 15) is 24.6 Å². The number of amides is 9. The topological polar surface area (TPSA) is 349 Å². The number of nitrogens with one attached hydrogen (secondary N) is 6. The van der Waals surface area contributed by atoms with E-state index < -0.39 is 142 Å². The zero-order chi connectivity index (χ0) is 96.5. The maximum atomic E-state index is 17.0. The molecule has 11 aromatic rings.